The van der Waals surface area contributed by atoms with E-state index in [-0.39, 0.29) is 18.8 Å². The third-order valence-electron chi connectivity index (χ3n) is 3.94. The smallest absolute Gasteiger partial charge is 0.277 e. The van der Waals surface area contributed by atoms with Crippen molar-refractivity contribution in [3.8, 4) is 5.75 Å². The minimum absolute atomic E-state index is 0.0151. The van der Waals surface area contributed by atoms with Gasteiger partial charge < -0.3 is 15.2 Å². The Morgan fingerprint density at radius 1 is 1.39 bits per heavy atom. The number of rotatable bonds is 6. The molecule has 1 saturated carbocycles. The van der Waals surface area contributed by atoms with Crippen LogP contribution in [0.1, 0.15) is 24.3 Å². The maximum absolute atomic E-state index is 12.2. The van der Waals surface area contributed by atoms with E-state index < -0.39 is 11.8 Å². The Labute approximate surface area is 138 Å². The maximum atomic E-state index is 12.2. The summed E-state index contributed by atoms with van der Waals surface area (Å²) in [6.07, 6.45) is 3.38. The summed E-state index contributed by atoms with van der Waals surface area (Å²) in [5.41, 5.74) is 1.92. The lowest BCUT2D eigenvalue weighted by atomic mass is 10.1. The number of nitrogens with one attached hydrogen (secondary N) is 1. The van der Waals surface area contributed by atoms with E-state index in [1.165, 1.54) is 13.2 Å². The molecule has 1 aromatic rings. The van der Waals surface area contributed by atoms with Crippen molar-refractivity contribution in [3.63, 3.8) is 0 Å². The van der Waals surface area contributed by atoms with Crippen LogP contribution in [0.2, 0.25) is 5.02 Å². The van der Waals surface area contributed by atoms with Crippen LogP contribution in [0.15, 0.2) is 23.9 Å². The van der Waals surface area contributed by atoms with Crippen LogP contribution in [-0.4, -0.2) is 42.1 Å². The van der Waals surface area contributed by atoms with E-state index in [2.05, 4.69) is 5.32 Å². The SMILES string of the molecule is COc1cc(NC2=CC(=O)N(CCO)C2=O)c(C2CC2)cc1Cl. The Kier molecular flexibility index (Phi) is 4.28. The number of β-amino-alcohol motifs (C(OH)–C–C–N with tert-alkyl or cyclic N) is 1. The van der Waals surface area contributed by atoms with E-state index in [1.54, 1.807) is 6.07 Å². The molecule has 7 heteroatoms. The average molecular weight is 337 g/mol. The van der Waals surface area contributed by atoms with Gasteiger partial charge in [-0.25, -0.2) is 0 Å². The number of ether oxygens (including phenoxy) is 1. The number of hydrogen-bond donors (Lipinski definition) is 2. The number of benzene rings is 1. The largest absolute Gasteiger partial charge is 0.495 e. The van der Waals surface area contributed by atoms with Gasteiger partial charge in [-0.2, -0.15) is 0 Å². The van der Waals surface area contributed by atoms with Gasteiger partial charge in [-0.15, -0.1) is 0 Å². The number of methoxy groups -OCH3 is 1. The molecule has 23 heavy (non-hydrogen) atoms. The molecule has 1 aliphatic heterocycles. The molecule has 0 atom stereocenters. The summed E-state index contributed by atoms with van der Waals surface area (Å²) in [4.78, 5) is 25.1. The lowest BCUT2D eigenvalue weighted by Crippen LogP contribution is -2.34. The molecular weight excluding hydrogens is 320 g/mol. The van der Waals surface area contributed by atoms with Crippen molar-refractivity contribution in [2.24, 2.45) is 0 Å². The van der Waals surface area contributed by atoms with Gasteiger partial charge in [-0.3, -0.25) is 14.5 Å². The Hall–Kier alpha value is -2.05. The highest BCUT2D eigenvalue weighted by atomic mass is 35.5. The van der Waals surface area contributed by atoms with E-state index in [4.69, 9.17) is 21.4 Å². The van der Waals surface area contributed by atoms with E-state index >= 15 is 0 Å². The van der Waals surface area contributed by atoms with Crippen molar-refractivity contribution in [2.45, 2.75) is 18.8 Å². The molecule has 1 aliphatic carbocycles. The first kappa shape index (κ1) is 15.8. The molecule has 1 fully saturated rings. The Morgan fingerprint density at radius 2 is 2.13 bits per heavy atom. The fraction of sp³-hybridized carbons (Fsp3) is 0.375. The van der Waals surface area contributed by atoms with Gasteiger partial charge in [-0.05, 0) is 30.4 Å². The summed E-state index contributed by atoms with van der Waals surface area (Å²) >= 11 is 6.18. The number of halogens is 1. The summed E-state index contributed by atoms with van der Waals surface area (Å²) < 4.78 is 5.23. The zero-order valence-corrected chi connectivity index (χ0v) is 13.4. The van der Waals surface area contributed by atoms with Crippen LogP contribution >= 0.6 is 11.6 Å². The van der Waals surface area contributed by atoms with Gasteiger partial charge >= 0.3 is 0 Å². The second kappa shape index (κ2) is 6.22. The topological polar surface area (TPSA) is 78.9 Å². The quantitative estimate of drug-likeness (QED) is 0.775. The normalized spacial score (nSPS) is 17.5. The van der Waals surface area contributed by atoms with Crippen molar-refractivity contribution in [3.05, 3.63) is 34.5 Å². The van der Waals surface area contributed by atoms with Crippen molar-refractivity contribution >= 4 is 29.1 Å². The summed E-state index contributed by atoms with van der Waals surface area (Å²) in [6.45, 7) is -0.278. The molecule has 0 bridgehead atoms. The number of aliphatic hydroxyl groups excluding tert-OH is 1. The third kappa shape index (κ3) is 3.04. The average Bonchev–Trinajstić information content (AvgIpc) is 3.33. The van der Waals surface area contributed by atoms with Crippen molar-refractivity contribution < 1.29 is 19.4 Å². The Balaban J connectivity index is 1.89. The van der Waals surface area contributed by atoms with Crippen LogP contribution in [0.4, 0.5) is 5.69 Å². The minimum Gasteiger partial charge on any atom is -0.495 e. The highest BCUT2D eigenvalue weighted by molar-refractivity contribution is 6.32. The summed E-state index contributed by atoms with van der Waals surface area (Å²) in [7, 11) is 1.52. The zero-order chi connectivity index (χ0) is 16.6. The van der Waals surface area contributed by atoms with Gasteiger partial charge in [0.2, 0.25) is 0 Å². The predicted octanol–water partition coefficient (Wildman–Crippen LogP) is 1.88. The van der Waals surface area contributed by atoms with Crippen LogP contribution < -0.4 is 10.1 Å². The summed E-state index contributed by atoms with van der Waals surface area (Å²) in [5.74, 6) is 0.0329. The first-order valence-corrected chi connectivity index (χ1v) is 7.75. The van der Waals surface area contributed by atoms with E-state index in [1.807, 2.05) is 6.07 Å². The number of amides is 2. The Morgan fingerprint density at radius 3 is 2.74 bits per heavy atom. The van der Waals surface area contributed by atoms with Gasteiger partial charge in [0.25, 0.3) is 11.8 Å². The highest BCUT2D eigenvalue weighted by Gasteiger charge is 2.33. The lowest BCUT2D eigenvalue weighted by molar-refractivity contribution is -0.137. The van der Waals surface area contributed by atoms with Gasteiger partial charge in [0.05, 0.1) is 25.3 Å². The molecule has 1 aromatic carbocycles. The number of carbonyl (C=O) groups is 2. The van der Waals surface area contributed by atoms with Crippen LogP contribution in [0.25, 0.3) is 0 Å². The molecule has 122 valence electrons. The molecule has 0 radical (unpaired) electrons. The second-order valence-corrected chi connectivity index (χ2v) is 5.96. The molecule has 2 amide bonds. The van der Waals surface area contributed by atoms with E-state index in [9.17, 15) is 9.59 Å². The molecule has 0 aromatic heterocycles. The van der Waals surface area contributed by atoms with Gasteiger partial charge in [0.15, 0.2) is 0 Å². The molecule has 2 N–H and O–H groups in total. The van der Waals surface area contributed by atoms with Crippen molar-refractivity contribution in [1.29, 1.82) is 0 Å². The number of imide groups is 1. The monoisotopic (exact) mass is 336 g/mol. The van der Waals surface area contributed by atoms with Crippen molar-refractivity contribution in [2.75, 3.05) is 25.6 Å². The second-order valence-electron chi connectivity index (χ2n) is 5.55. The number of anilines is 1. The number of aliphatic hydroxyl groups is 1. The summed E-state index contributed by atoms with van der Waals surface area (Å²) in [6, 6.07) is 3.58. The molecule has 0 unspecified atom stereocenters. The van der Waals surface area contributed by atoms with Crippen LogP contribution in [0.5, 0.6) is 5.75 Å². The standard InChI is InChI=1S/C16H17ClN2O4/c1-23-14-7-12(10(6-11(14)17)9-2-3-9)18-13-8-15(21)19(4-5-20)16(13)22/h6-9,18,20H,2-5H2,1H3. The minimum atomic E-state index is -0.445. The first-order valence-electron chi connectivity index (χ1n) is 7.38. The van der Waals surface area contributed by atoms with Crippen LogP contribution in [0.3, 0.4) is 0 Å². The Bertz CT molecular complexity index is 698. The van der Waals surface area contributed by atoms with Gasteiger partial charge in [-0.1, -0.05) is 11.6 Å². The molecule has 6 nitrogen and oxygen atoms in total. The van der Waals surface area contributed by atoms with E-state index in [0.29, 0.717) is 22.4 Å². The van der Waals surface area contributed by atoms with Crippen LogP contribution in [0, 0.1) is 0 Å². The predicted molar refractivity (Wildman–Crippen MR) is 85.5 cm³/mol. The molecule has 1 heterocycles. The molecule has 2 aliphatic rings. The van der Waals surface area contributed by atoms with Crippen molar-refractivity contribution in [1.82, 2.24) is 4.90 Å². The van der Waals surface area contributed by atoms with Gasteiger partial charge in [0.1, 0.15) is 11.4 Å². The zero-order valence-electron chi connectivity index (χ0n) is 12.6. The highest BCUT2D eigenvalue weighted by Crippen LogP contribution is 2.46. The fourth-order valence-electron chi connectivity index (χ4n) is 2.62. The number of carbonyl (C=O) groups excluding carboxylic acids is 2. The molecule has 3 rings (SSSR count). The van der Waals surface area contributed by atoms with Crippen LogP contribution in [-0.2, 0) is 9.59 Å². The molecule has 0 saturated heterocycles. The van der Waals surface area contributed by atoms with E-state index in [0.717, 1.165) is 23.3 Å². The number of nitrogens with zero attached hydrogens (tertiary/aromatic N) is 1. The summed E-state index contributed by atoms with van der Waals surface area (Å²) in [5, 5.41) is 12.5. The first-order chi connectivity index (χ1) is 11.0. The molecule has 0 spiro atoms. The molecular formula is C16H17ClN2O4. The maximum Gasteiger partial charge on any atom is 0.277 e. The lowest BCUT2D eigenvalue weighted by Gasteiger charge is -2.16. The van der Waals surface area contributed by atoms with Gasteiger partial charge in [0, 0.05) is 17.8 Å². The third-order valence-corrected chi connectivity index (χ3v) is 4.24. The fourth-order valence-corrected chi connectivity index (χ4v) is 2.87. The number of hydrogen-bond acceptors (Lipinski definition) is 5.